The van der Waals surface area contributed by atoms with Gasteiger partial charge in [-0.3, -0.25) is 19.9 Å². The van der Waals surface area contributed by atoms with Crippen LogP contribution in [0, 0.1) is 10.1 Å². The van der Waals surface area contributed by atoms with E-state index in [1.54, 1.807) is 44.2 Å². The quantitative estimate of drug-likeness (QED) is 0.363. The van der Waals surface area contributed by atoms with E-state index in [-0.39, 0.29) is 11.6 Å². The normalized spacial score (nSPS) is 11.2. The van der Waals surface area contributed by atoms with Crippen LogP contribution >= 0.6 is 0 Å². The predicted molar refractivity (Wildman–Crippen MR) is 76.1 cm³/mol. The first-order valence-corrected chi connectivity index (χ1v) is 5.65. The Morgan fingerprint density at radius 3 is 2.45 bits per heavy atom. The molecule has 0 bridgehead atoms. The zero-order valence-electron chi connectivity index (χ0n) is 11.7. The number of aromatic amines is 1. The Morgan fingerprint density at radius 1 is 1.30 bits per heavy atom. The van der Waals surface area contributed by atoms with Crippen LogP contribution < -0.4 is 5.56 Å². The Hall–Kier alpha value is -2.71. The summed E-state index contributed by atoms with van der Waals surface area (Å²) in [7, 11) is 7.00. The Bertz CT molecular complexity index is 603. The van der Waals surface area contributed by atoms with Gasteiger partial charge in [-0.1, -0.05) is 0 Å². The van der Waals surface area contributed by atoms with Gasteiger partial charge in [-0.05, 0) is 6.08 Å². The molecule has 0 saturated heterocycles. The summed E-state index contributed by atoms with van der Waals surface area (Å²) in [5.74, 6) is 0.00714. The van der Waals surface area contributed by atoms with Gasteiger partial charge in [-0.2, -0.15) is 0 Å². The largest absolute Gasteiger partial charge is 0.383 e. The lowest BCUT2D eigenvalue weighted by Gasteiger charge is -2.04. The van der Waals surface area contributed by atoms with Gasteiger partial charge in [0.25, 0.3) is 0 Å². The van der Waals surface area contributed by atoms with Gasteiger partial charge in [-0.15, -0.1) is 0 Å². The molecule has 9 nitrogen and oxygen atoms in total. The first-order valence-electron chi connectivity index (χ1n) is 5.65. The predicted octanol–water partition coefficient (Wildman–Crippen LogP) is 0.432. The summed E-state index contributed by atoms with van der Waals surface area (Å²) >= 11 is 0. The zero-order chi connectivity index (χ0) is 15.3. The number of nitrogens with one attached hydrogen (secondary N) is 1. The molecule has 1 heterocycles. The van der Waals surface area contributed by atoms with Gasteiger partial charge >= 0.3 is 11.2 Å². The van der Waals surface area contributed by atoms with Crippen LogP contribution in [0.3, 0.4) is 0 Å². The maximum absolute atomic E-state index is 11.7. The van der Waals surface area contributed by atoms with Crippen molar-refractivity contribution in [1.29, 1.82) is 0 Å². The number of aliphatic imine (C=N–C) groups is 1. The topological polar surface area (TPSA) is 108 Å². The number of aromatic nitrogens is 2. The fraction of sp³-hybridized carbons (Fsp3) is 0.364. The number of hydrogen-bond donors (Lipinski definition) is 1. The Balaban J connectivity index is 3.35. The summed E-state index contributed by atoms with van der Waals surface area (Å²) in [6.07, 6.45) is 4.39. The second kappa shape index (κ2) is 6.45. The minimum atomic E-state index is -0.839. The summed E-state index contributed by atoms with van der Waals surface area (Å²) in [6, 6.07) is 0. The fourth-order valence-electron chi connectivity index (χ4n) is 1.22. The number of hydrogen-bond acceptors (Lipinski definition) is 6. The first kappa shape index (κ1) is 15.3. The lowest BCUT2D eigenvalue weighted by atomic mass is 10.3. The molecule has 9 heteroatoms. The van der Waals surface area contributed by atoms with E-state index >= 15 is 0 Å². The zero-order valence-corrected chi connectivity index (χ0v) is 11.7. The van der Waals surface area contributed by atoms with E-state index < -0.39 is 16.2 Å². The molecule has 1 aromatic heterocycles. The molecular weight excluding hydrogens is 264 g/mol. The van der Waals surface area contributed by atoms with E-state index in [4.69, 9.17) is 0 Å². The van der Waals surface area contributed by atoms with E-state index in [2.05, 4.69) is 15.0 Å². The molecule has 1 aromatic rings. The van der Waals surface area contributed by atoms with E-state index in [1.165, 1.54) is 12.4 Å². The molecule has 0 aliphatic heterocycles. The molecule has 0 unspecified atom stereocenters. The van der Waals surface area contributed by atoms with Crippen molar-refractivity contribution < 1.29 is 4.92 Å². The molecular formula is C11H16N6O3. The summed E-state index contributed by atoms with van der Waals surface area (Å²) in [5.41, 5.74) is -1.49. The van der Waals surface area contributed by atoms with Crippen LogP contribution in [0.2, 0.25) is 0 Å². The SMILES string of the molecule is CN(C)C=Cc1nc(N=CN(C)C)[nH]c(=O)c1[N+](=O)[O-]. The van der Waals surface area contributed by atoms with Crippen molar-refractivity contribution in [3.63, 3.8) is 0 Å². The maximum Gasteiger partial charge on any atom is 0.359 e. The van der Waals surface area contributed by atoms with E-state index in [1.807, 2.05) is 0 Å². The highest BCUT2D eigenvalue weighted by Gasteiger charge is 2.20. The molecule has 0 aromatic carbocycles. The van der Waals surface area contributed by atoms with Crippen molar-refractivity contribution in [2.45, 2.75) is 0 Å². The van der Waals surface area contributed by atoms with Gasteiger partial charge < -0.3 is 9.80 Å². The van der Waals surface area contributed by atoms with Gasteiger partial charge in [0.2, 0.25) is 5.95 Å². The van der Waals surface area contributed by atoms with Crippen molar-refractivity contribution >= 4 is 24.1 Å². The van der Waals surface area contributed by atoms with E-state index in [0.717, 1.165) is 0 Å². The number of nitro groups is 1. The lowest BCUT2D eigenvalue weighted by molar-refractivity contribution is -0.386. The summed E-state index contributed by atoms with van der Waals surface area (Å²) in [6.45, 7) is 0. The van der Waals surface area contributed by atoms with Crippen LogP contribution in [-0.2, 0) is 0 Å². The Kier molecular flexibility index (Phi) is 4.95. The minimum Gasteiger partial charge on any atom is -0.383 e. The van der Waals surface area contributed by atoms with Crippen LogP contribution in [-0.4, -0.2) is 59.2 Å². The molecule has 0 saturated carbocycles. The third-order valence-corrected chi connectivity index (χ3v) is 2.03. The van der Waals surface area contributed by atoms with Crippen LogP contribution in [0.5, 0.6) is 0 Å². The lowest BCUT2D eigenvalue weighted by Crippen LogP contribution is -2.15. The monoisotopic (exact) mass is 280 g/mol. The summed E-state index contributed by atoms with van der Waals surface area (Å²) in [5, 5.41) is 10.9. The fourth-order valence-corrected chi connectivity index (χ4v) is 1.22. The van der Waals surface area contributed by atoms with Crippen molar-refractivity contribution in [2.75, 3.05) is 28.2 Å². The van der Waals surface area contributed by atoms with E-state index in [9.17, 15) is 14.9 Å². The van der Waals surface area contributed by atoms with Crippen LogP contribution in [0.1, 0.15) is 5.69 Å². The van der Waals surface area contributed by atoms with Crippen molar-refractivity contribution in [3.05, 3.63) is 32.4 Å². The van der Waals surface area contributed by atoms with Gasteiger partial charge in [0.15, 0.2) is 5.69 Å². The molecule has 0 fully saturated rings. The smallest absolute Gasteiger partial charge is 0.359 e. The van der Waals surface area contributed by atoms with Crippen LogP contribution in [0.15, 0.2) is 16.0 Å². The van der Waals surface area contributed by atoms with Crippen molar-refractivity contribution in [3.8, 4) is 0 Å². The van der Waals surface area contributed by atoms with E-state index in [0.29, 0.717) is 0 Å². The van der Waals surface area contributed by atoms with Crippen molar-refractivity contribution in [1.82, 2.24) is 19.8 Å². The Labute approximate surface area is 115 Å². The minimum absolute atomic E-state index is 0.00714. The molecule has 0 aliphatic carbocycles. The number of nitrogens with zero attached hydrogens (tertiary/aromatic N) is 5. The van der Waals surface area contributed by atoms with Gasteiger partial charge in [-0.25, -0.2) is 9.98 Å². The number of rotatable bonds is 5. The average Bonchev–Trinajstić information content (AvgIpc) is 2.32. The second-order valence-electron chi connectivity index (χ2n) is 4.37. The van der Waals surface area contributed by atoms with Gasteiger partial charge in [0.05, 0.1) is 11.3 Å². The molecule has 20 heavy (non-hydrogen) atoms. The van der Waals surface area contributed by atoms with Crippen LogP contribution in [0.25, 0.3) is 6.08 Å². The molecule has 0 aliphatic rings. The van der Waals surface area contributed by atoms with Gasteiger partial charge in [0, 0.05) is 34.4 Å². The second-order valence-corrected chi connectivity index (χ2v) is 4.37. The standard InChI is InChI=1S/C11H16N6O3/c1-15(2)6-5-8-9(17(19)20)10(18)14-11(13-8)12-7-16(3)4/h5-7H,1-4H3,(H,13,14,18). The van der Waals surface area contributed by atoms with Gasteiger partial charge in [0.1, 0.15) is 0 Å². The van der Waals surface area contributed by atoms with Crippen LogP contribution in [0.4, 0.5) is 11.6 Å². The molecule has 1 N–H and O–H groups in total. The molecule has 0 spiro atoms. The molecule has 0 radical (unpaired) electrons. The highest BCUT2D eigenvalue weighted by Crippen LogP contribution is 2.15. The molecule has 1 rings (SSSR count). The molecule has 0 atom stereocenters. The third kappa shape index (κ3) is 4.19. The van der Waals surface area contributed by atoms with Crippen molar-refractivity contribution in [2.24, 2.45) is 4.99 Å². The highest BCUT2D eigenvalue weighted by atomic mass is 16.6. The summed E-state index contributed by atoms with van der Waals surface area (Å²) in [4.78, 5) is 35.3. The first-order chi connectivity index (χ1) is 9.31. The Morgan fingerprint density at radius 2 is 1.95 bits per heavy atom. The third-order valence-electron chi connectivity index (χ3n) is 2.03. The highest BCUT2D eigenvalue weighted by molar-refractivity contribution is 5.60. The summed E-state index contributed by atoms with van der Waals surface area (Å²) < 4.78 is 0. The molecule has 0 amide bonds. The number of H-pyrrole nitrogens is 1. The maximum atomic E-state index is 11.7. The average molecular weight is 280 g/mol. The molecule has 108 valence electrons.